The molecule has 0 heterocycles. The molecule has 7 heteroatoms. The highest BCUT2D eigenvalue weighted by Gasteiger charge is 2.61. The summed E-state index contributed by atoms with van der Waals surface area (Å²) in [6.07, 6.45) is 2.47. The number of hydrogen-bond donors (Lipinski definition) is 2. The van der Waals surface area contributed by atoms with Gasteiger partial charge in [-0.1, -0.05) is 0 Å². The lowest BCUT2D eigenvalue weighted by atomic mass is 9.48. The number of esters is 1. The average molecular weight is 325 g/mol. The molecule has 4 rings (SSSR count). The van der Waals surface area contributed by atoms with Crippen molar-refractivity contribution in [2.45, 2.75) is 57.2 Å². The second-order valence-corrected chi connectivity index (χ2v) is 7.49. The number of nitrogens with one attached hydrogen (secondary N) is 1. The second-order valence-electron chi connectivity index (χ2n) is 7.49. The molecule has 0 aliphatic heterocycles. The van der Waals surface area contributed by atoms with Gasteiger partial charge in [-0.15, -0.1) is 0 Å². The molecule has 7 nitrogen and oxygen atoms in total. The third kappa shape index (κ3) is 2.94. The molecule has 4 fully saturated rings. The monoisotopic (exact) mass is 325 g/mol. The number of ether oxygens (including phenoxy) is 2. The molecule has 4 aliphatic carbocycles. The molecule has 0 aromatic rings. The predicted molar refractivity (Wildman–Crippen MR) is 78.2 cm³/mol. The summed E-state index contributed by atoms with van der Waals surface area (Å²) in [6, 6.07) is 0. The van der Waals surface area contributed by atoms with E-state index in [1.54, 1.807) is 0 Å². The first-order valence-corrected chi connectivity index (χ1v) is 8.08. The van der Waals surface area contributed by atoms with Crippen LogP contribution in [0.5, 0.6) is 0 Å². The van der Waals surface area contributed by atoms with Gasteiger partial charge >= 0.3 is 12.1 Å². The molecule has 23 heavy (non-hydrogen) atoms. The van der Waals surface area contributed by atoms with E-state index in [4.69, 9.17) is 4.74 Å². The van der Waals surface area contributed by atoms with Crippen molar-refractivity contribution in [3.63, 3.8) is 0 Å². The first-order valence-electron chi connectivity index (χ1n) is 8.08. The summed E-state index contributed by atoms with van der Waals surface area (Å²) in [5, 5.41) is 12.7. The van der Waals surface area contributed by atoms with Crippen LogP contribution in [-0.4, -0.2) is 41.9 Å². The summed E-state index contributed by atoms with van der Waals surface area (Å²) >= 11 is 0. The molecule has 5 atom stereocenters. The van der Waals surface area contributed by atoms with E-state index in [0.717, 1.165) is 39.2 Å². The minimum absolute atomic E-state index is 0.355. The zero-order valence-electron chi connectivity index (χ0n) is 13.5. The Morgan fingerprint density at radius 3 is 2.30 bits per heavy atom. The van der Waals surface area contributed by atoms with Gasteiger partial charge in [0.05, 0.1) is 18.1 Å². The number of carbonyl (C=O) groups excluding carboxylic acids is 3. The third-order valence-electron chi connectivity index (χ3n) is 5.53. The Bertz CT molecular complexity index is 531. The summed E-state index contributed by atoms with van der Waals surface area (Å²) in [6.45, 7) is 1.42. The number of aliphatic hydroxyl groups is 1. The standard InChI is InChI=1S/C16H23NO6/c1-9(12(18)17-14(20)22-2)23-13(19)15-4-10-3-11(5-15)7-16(21,6-10)8-15/h9-11,21H,3-8H2,1-2H3,(H,17,18,20)/t9-,10-,11+,15?,16?/m0/s1. The van der Waals surface area contributed by atoms with Crippen LogP contribution in [0.4, 0.5) is 4.79 Å². The van der Waals surface area contributed by atoms with Gasteiger partial charge in [0.25, 0.3) is 5.91 Å². The van der Waals surface area contributed by atoms with Crippen LogP contribution < -0.4 is 5.32 Å². The quantitative estimate of drug-likeness (QED) is 0.754. The topological polar surface area (TPSA) is 102 Å². The molecule has 0 aromatic carbocycles. The maximum absolute atomic E-state index is 12.7. The number of carbonyl (C=O) groups is 3. The highest BCUT2D eigenvalue weighted by Crippen LogP contribution is 2.62. The normalized spacial score (nSPS) is 38.7. The molecule has 2 amide bonds. The van der Waals surface area contributed by atoms with Gasteiger partial charge in [-0.05, 0) is 57.3 Å². The zero-order chi connectivity index (χ0) is 16.8. The van der Waals surface area contributed by atoms with Crippen molar-refractivity contribution in [3.05, 3.63) is 0 Å². The van der Waals surface area contributed by atoms with Crippen LogP contribution in [0, 0.1) is 17.3 Å². The molecule has 2 N–H and O–H groups in total. The molecule has 0 saturated heterocycles. The Hall–Kier alpha value is -1.63. The van der Waals surface area contributed by atoms with Crippen LogP contribution in [0.15, 0.2) is 0 Å². The fraction of sp³-hybridized carbons (Fsp3) is 0.812. The van der Waals surface area contributed by atoms with Crippen molar-refractivity contribution in [3.8, 4) is 0 Å². The van der Waals surface area contributed by atoms with Gasteiger partial charge in [-0.3, -0.25) is 14.9 Å². The third-order valence-corrected chi connectivity index (χ3v) is 5.53. The summed E-state index contributed by atoms with van der Waals surface area (Å²) in [7, 11) is 1.15. The van der Waals surface area contributed by atoms with Gasteiger partial charge < -0.3 is 14.6 Å². The van der Waals surface area contributed by atoms with Crippen molar-refractivity contribution < 1.29 is 29.0 Å². The van der Waals surface area contributed by atoms with E-state index in [0.29, 0.717) is 18.3 Å². The highest BCUT2D eigenvalue weighted by atomic mass is 16.6. The number of alkyl carbamates (subject to hydrolysis) is 1. The number of amides is 2. The minimum Gasteiger partial charge on any atom is -0.453 e. The number of hydrogen-bond acceptors (Lipinski definition) is 6. The van der Waals surface area contributed by atoms with Crippen LogP contribution in [-0.2, 0) is 19.1 Å². The summed E-state index contributed by atoms with van der Waals surface area (Å²) < 4.78 is 9.66. The molecule has 0 spiro atoms. The Morgan fingerprint density at radius 1 is 1.17 bits per heavy atom. The van der Waals surface area contributed by atoms with Gasteiger partial charge in [0.15, 0.2) is 6.10 Å². The molecule has 4 bridgehead atoms. The molecule has 4 aliphatic rings. The van der Waals surface area contributed by atoms with Crippen molar-refractivity contribution in [2.75, 3.05) is 7.11 Å². The Labute approximate surface area is 134 Å². The summed E-state index contributed by atoms with van der Waals surface area (Å²) in [5.74, 6) is -0.438. The fourth-order valence-electron chi connectivity index (χ4n) is 5.05. The molecule has 128 valence electrons. The Morgan fingerprint density at radius 2 is 1.78 bits per heavy atom. The van der Waals surface area contributed by atoms with Crippen LogP contribution in [0.3, 0.4) is 0 Å². The van der Waals surface area contributed by atoms with E-state index < -0.39 is 35.1 Å². The molecular weight excluding hydrogens is 302 g/mol. The Kier molecular flexibility index (Phi) is 3.86. The van der Waals surface area contributed by atoms with E-state index in [1.165, 1.54) is 6.92 Å². The second kappa shape index (κ2) is 5.47. The smallest absolute Gasteiger partial charge is 0.413 e. The van der Waals surface area contributed by atoms with E-state index in [-0.39, 0.29) is 0 Å². The van der Waals surface area contributed by atoms with Crippen LogP contribution in [0.1, 0.15) is 45.4 Å². The van der Waals surface area contributed by atoms with Crippen molar-refractivity contribution in [1.29, 1.82) is 0 Å². The van der Waals surface area contributed by atoms with Gasteiger partial charge in [0.2, 0.25) is 0 Å². The van der Waals surface area contributed by atoms with Gasteiger partial charge in [-0.25, -0.2) is 4.79 Å². The van der Waals surface area contributed by atoms with Crippen molar-refractivity contribution in [2.24, 2.45) is 17.3 Å². The zero-order valence-corrected chi connectivity index (χ0v) is 13.5. The maximum atomic E-state index is 12.7. The van der Waals surface area contributed by atoms with Crippen LogP contribution >= 0.6 is 0 Å². The molecular formula is C16H23NO6. The predicted octanol–water partition coefficient (Wildman–Crippen LogP) is 1.13. The van der Waals surface area contributed by atoms with Gasteiger partial charge in [0, 0.05) is 0 Å². The highest BCUT2D eigenvalue weighted by molar-refractivity contribution is 5.95. The lowest BCUT2D eigenvalue weighted by Gasteiger charge is -2.58. The number of rotatable bonds is 3. The largest absolute Gasteiger partial charge is 0.453 e. The Balaban J connectivity index is 1.66. The molecule has 4 saturated carbocycles. The SMILES string of the molecule is COC(=O)NC(=O)[C@H](C)OC(=O)C12C[C@@H]3C[C@@H](CC(O)(C3)C1)C2. The maximum Gasteiger partial charge on any atom is 0.413 e. The van der Waals surface area contributed by atoms with Gasteiger partial charge in [-0.2, -0.15) is 0 Å². The fourth-order valence-corrected chi connectivity index (χ4v) is 5.05. The molecule has 0 aromatic heterocycles. The first kappa shape index (κ1) is 16.2. The number of imide groups is 1. The average Bonchev–Trinajstić information content (AvgIpc) is 2.44. The van der Waals surface area contributed by atoms with E-state index in [1.807, 2.05) is 5.32 Å². The van der Waals surface area contributed by atoms with Gasteiger partial charge in [0.1, 0.15) is 0 Å². The van der Waals surface area contributed by atoms with E-state index >= 15 is 0 Å². The van der Waals surface area contributed by atoms with E-state index in [9.17, 15) is 19.5 Å². The minimum atomic E-state index is -1.08. The van der Waals surface area contributed by atoms with Crippen LogP contribution in [0.25, 0.3) is 0 Å². The molecule has 2 unspecified atom stereocenters. The van der Waals surface area contributed by atoms with Crippen molar-refractivity contribution >= 4 is 18.0 Å². The molecule has 0 radical (unpaired) electrons. The van der Waals surface area contributed by atoms with Crippen LogP contribution in [0.2, 0.25) is 0 Å². The first-order chi connectivity index (χ1) is 10.8. The lowest BCUT2D eigenvalue weighted by molar-refractivity contribution is -0.199. The van der Waals surface area contributed by atoms with Crippen molar-refractivity contribution in [1.82, 2.24) is 5.32 Å². The number of methoxy groups -OCH3 is 1. The lowest BCUT2D eigenvalue weighted by Crippen LogP contribution is -2.59. The van der Waals surface area contributed by atoms with E-state index in [2.05, 4.69) is 4.74 Å². The summed E-state index contributed by atoms with van der Waals surface area (Å²) in [5.41, 5.74) is -1.45. The summed E-state index contributed by atoms with van der Waals surface area (Å²) in [4.78, 5) is 35.5.